The number of alkyl halides is 2. The number of hydrogen-bond donors (Lipinski definition) is 0. The van der Waals surface area contributed by atoms with Crippen LogP contribution < -0.4 is 4.74 Å². The van der Waals surface area contributed by atoms with Gasteiger partial charge in [-0.15, -0.1) is 11.8 Å². The van der Waals surface area contributed by atoms with Gasteiger partial charge in [0.2, 0.25) is 0 Å². The molecular formula is C25H19F3N2O2S. The number of aromatic nitrogens is 1. The van der Waals surface area contributed by atoms with Gasteiger partial charge < -0.3 is 4.74 Å². The molecule has 33 heavy (non-hydrogen) atoms. The summed E-state index contributed by atoms with van der Waals surface area (Å²) in [5.74, 6) is 0.190. The fourth-order valence-corrected chi connectivity index (χ4v) is 4.10. The first kappa shape index (κ1) is 24.1. The molecule has 0 amide bonds. The molecule has 0 saturated carbocycles. The lowest BCUT2D eigenvalue weighted by molar-refractivity contribution is 0.104. The quantitative estimate of drug-likeness (QED) is 0.214. The maximum Gasteiger partial charge on any atom is 0.280 e. The van der Waals surface area contributed by atoms with Gasteiger partial charge in [-0.25, -0.2) is 18.2 Å². The Balaban J connectivity index is 1.83. The normalized spacial score (nSPS) is 11.1. The summed E-state index contributed by atoms with van der Waals surface area (Å²) in [6.45, 7) is 1.60. The van der Waals surface area contributed by atoms with E-state index in [0.29, 0.717) is 28.2 Å². The topological polar surface area (TPSA) is 63.0 Å². The SMILES string of the molecule is COc1ccc(/C=C/C(=O)c2ccc(F)cc2)cc1CSc1nc(C(F)F)cc(C)c1C#N. The number of hydrogen-bond acceptors (Lipinski definition) is 5. The number of nitrogens with zero attached hydrogens (tertiary/aromatic N) is 2. The Morgan fingerprint density at radius 2 is 1.94 bits per heavy atom. The summed E-state index contributed by atoms with van der Waals surface area (Å²) >= 11 is 1.16. The summed E-state index contributed by atoms with van der Waals surface area (Å²) in [6, 6.07) is 13.8. The standard InChI is InChI=1S/C25H19F3N2O2S/c1-15-11-21(24(27)28)30-25(20(15)13-29)33-14-18-12-16(4-10-23(18)32-2)3-9-22(31)17-5-7-19(26)8-6-17/h3-12,24H,14H2,1-2H3/b9-3+. The summed E-state index contributed by atoms with van der Waals surface area (Å²) in [5.41, 5.74) is 2.13. The third-order valence-electron chi connectivity index (χ3n) is 4.76. The molecule has 8 heteroatoms. The highest BCUT2D eigenvalue weighted by Crippen LogP contribution is 2.32. The zero-order valence-electron chi connectivity index (χ0n) is 17.8. The number of carbonyl (C=O) groups excluding carboxylic acids is 1. The first-order valence-electron chi connectivity index (χ1n) is 9.80. The number of rotatable bonds is 8. The zero-order chi connectivity index (χ0) is 24.0. The molecular weight excluding hydrogens is 449 g/mol. The predicted molar refractivity (Wildman–Crippen MR) is 121 cm³/mol. The Labute approximate surface area is 193 Å². The van der Waals surface area contributed by atoms with Crippen LogP contribution in [0.4, 0.5) is 13.2 Å². The summed E-state index contributed by atoms with van der Waals surface area (Å²) < 4.78 is 44.8. The highest BCUT2D eigenvalue weighted by molar-refractivity contribution is 7.98. The number of halogens is 3. The fourth-order valence-electron chi connectivity index (χ4n) is 3.06. The molecule has 4 nitrogen and oxygen atoms in total. The van der Waals surface area contributed by atoms with Gasteiger partial charge in [0.1, 0.15) is 28.4 Å². The molecule has 0 saturated heterocycles. The van der Waals surface area contributed by atoms with Crippen LogP contribution in [-0.2, 0) is 5.75 Å². The van der Waals surface area contributed by atoms with E-state index in [1.165, 1.54) is 43.5 Å². The van der Waals surface area contributed by atoms with Crippen molar-refractivity contribution in [2.75, 3.05) is 7.11 Å². The molecule has 0 bridgehead atoms. The summed E-state index contributed by atoms with van der Waals surface area (Å²) in [6.07, 6.45) is 0.272. The van der Waals surface area contributed by atoms with Gasteiger partial charge in [-0.3, -0.25) is 4.79 Å². The Bertz CT molecular complexity index is 1240. The molecule has 0 radical (unpaired) electrons. The smallest absolute Gasteiger partial charge is 0.280 e. The summed E-state index contributed by atoms with van der Waals surface area (Å²) in [4.78, 5) is 16.3. The first-order chi connectivity index (χ1) is 15.8. The molecule has 2 aromatic carbocycles. The van der Waals surface area contributed by atoms with E-state index in [0.717, 1.165) is 17.3 Å². The molecule has 1 aromatic heterocycles. The molecule has 168 valence electrons. The minimum Gasteiger partial charge on any atom is -0.496 e. The van der Waals surface area contributed by atoms with Gasteiger partial charge in [-0.2, -0.15) is 5.26 Å². The number of allylic oxidation sites excluding steroid dienone is 1. The summed E-state index contributed by atoms with van der Waals surface area (Å²) in [5, 5.41) is 9.65. The third kappa shape index (κ3) is 6.02. The van der Waals surface area contributed by atoms with Crippen molar-refractivity contribution in [2.45, 2.75) is 24.1 Å². The van der Waals surface area contributed by atoms with Gasteiger partial charge in [0.15, 0.2) is 5.78 Å². The lowest BCUT2D eigenvalue weighted by Crippen LogP contribution is -1.99. The molecule has 1 heterocycles. The lowest BCUT2D eigenvalue weighted by Gasteiger charge is -2.12. The highest BCUT2D eigenvalue weighted by atomic mass is 32.2. The molecule has 0 N–H and O–H groups in total. The van der Waals surface area contributed by atoms with E-state index in [2.05, 4.69) is 4.98 Å². The van der Waals surface area contributed by atoms with E-state index in [1.807, 2.05) is 6.07 Å². The van der Waals surface area contributed by atoms with Crippen LogP contribution in [0.1, 0.15) is 44.7 Å². The van der Waals surface area contributed by atoms with Crippen molar-refractivity contribution in [3.8, 4) is 11.8 Å². The van der Waals surface area contributed by atoms with E-state index in [1.54, 1.807) is 31.2 Å². The van der Waals surface area contributed by atoms with Crippen molar-refractivity contribution in [2.24, 2.45) is 0 Å². The monoisotopic (exact) mass is 468 g/mol. The number of carbonyl (C=O) groups is 1. The fraction of sp³-hybridized carbons (Fsp3) is 0.160. The molecule has 0 aliphatic carbocycles. The second-order valence-corrected chi connectivity index (χ2v) is 7.99. The Kier molecular flexibility index (Phi) is 7.91. The molecule has 3 aromatic rings. The minimum atomic E-state index is -2.74. The van der Waals surface area contributed by atoms with Crippen LogP contribution in [0.5, 0.6) is 5.75 Å². The van der Waals surface area contributed by atoms with Crippen LogP contribution >= 0.6 is 11.8 Å². The van der Waals surface area contributed by atoms with Crippen molar-refractivity contribution in [1.82, 2.24) is 4.98 Å². The van der Waals surface area contributed by atoms with Gasteiger partial charge in [-0.05, 0) is 66.6 Å². The average molecular weight is 469 g/mol. The van der Waals surface area contributed by atoms with E-state index in [4.69, 9.17) is 4.74 Å². The number of nitriles is 1. The van der Waals surface area contributed by atoms with Crippen molar-refractivity contribution < 1.29 is 22.7 Å². The Morgan fingerprint density at radius 3 is 2.58 bits per heavy atom. The van der Waals surface area contributed by atoms with Gasteiger partial charge in [0.25, 0.3) is 6.43 Å². The van der Waals surface area contributed by atoms with Crippen molar-refractivity contribution in [3.63, 3.8) is 0 Å². The second-order valence-electron chi connectivity index (χ2n) is 7.02. The number of ketones is 1. The Hall–Kier alpha value is -3.57. The Morgan fingerprint density at radius 1 is 1.21 bits per heavy atom. The maximum atomic E-state index is 13.2. The molecule has 0 spiro atoms. The molecule has 0 unspecified atom stereocenters. The van der Waals surface area contributed by atoms with Crippen LogP contribution in [0.2, 0.25) is 0 Å². The number of methoxy groups -OCH3 is 1. The molecule has 0 fully saturated rings. The number of ether oxygens (including phenoxy) is 1. The van der Waals surface area contributed by atoms with Crippen LogP contribution in [-0.4, -0.2) is 17.9 Å². The third-order valence-corrected chi connectivity index (χ3v) is 5.79. The second kappa shape index (κ2) is 10.8. The van der Waals surface area contributed by atoms with E-state index >= 15 is 0 Å². The molecule has 0 atom stereocenters. The van der Waals surface area contributed by atoms with E-state index in [-0.39, 0.29) is 22.1 Å². The van der Waals surface area contributed by atoms with Gasteiger partial charge in [0.05, 0.1) is 12.7 Å². The number of aryl methyl sites for hydroxylation is 1. The van der Waals surface area contributed by atoms with Crippen molar-refractivity contribution >= 4 is 23.6 Å². The van der Waals surface area contributed by atoms with Gasteiger partial charge >= 0.3 is 0 Å². The van der Waals surface area contributed by atoms with E-state index in [9.17, 15) is 23.2 Å². The van der Waals surface area contributed by atoms with Gasteiger partial charge in [0, 0.05) is 16.9 Å². The predicted octanol–water partition coefficient (Wildman–Crippen LogP) is 6.54. The van der Waals surface area contributed by atoms with Gasteiger partial charge in [-0.1, -0.05) is 12.1 Å². The molecule has 3 rings (SSSR count). The minimum absolute atomic E-state index is 0.224. The first-order valence-corrected chi connectivity index (χ1v) is 10.8. The maximum absolute atomic E-state index is 13.2. The highest BCUT2D eigenvalue weighted by Gasteiger charge is 2.17. The average Bonchev–Trinajstić information content (AvgIpc) is 2.81. The zero-order valence-corrected chi connectivity index (χ0v) is 18.6. The van der Waals surface area contributed by atoms with Crippen LogP contribution in [0.3, 0.4) is 0 Å². The lowest BCUT2D eigenvalue weighted by atomic mass is 10.1. The largest absolute Gasteiger partial charge is 0.496 e. The van der Waals surface area contributed by atoms with Crippen LogP contribution in [0.15, 0.2) is 59.6 Å². The van der Waals surface area contributed by atoms with Crippen LogP contribution in [0, 0.1) is 24.1 Å². The van der Waals surface area contributed by atoms with E-state index < -0.39 is 12.2 Å². The number of pyridine rings is 1. The molecule has 0 aliphatic rings. The van der Waals surface area contributed by atoms with Crippen LogP contribution in [0.25, 0.3) is 6.08 Å². The number of thioether (sulfide) groups is 1. The number of benzene rings is 2. The molecule has 0 aliphatic heterocycles. The van der Waals surface area contributed by atoms with Crippen molar-refractivity contribution in [1.29, 1.82) is 5.26 Å². The van der Waals surface area contributed by atoms with Crippen molar-refractivity contribution in [3.05, 3.63) is 93.9 Å². The summed E-state index contributed by atoms with van der Waals surface area (Å²) in [7, 11) is 1.51.